The molecule has 10 heavy (non-hydrogen) atoms. The molecule has 0 aromatic carbocycles. The van der Waals surface area contributed by atoms with E-state index in [4.69, 9.17) is 0 Å². The maximum atomic E-state index is 9.58. The molecule has 0 rings (SSSR count). The molecule has 60 valence electrons. The molecule has 0 heterocycles. The maximum Gasteiger partial charge on any atom is 0.0648 e. The Morgan fingerprint density at radius 1 is 1.40 bits per heavy atom. The molecule has 0 fully saturated rings. The predicted molar refractivity (Wildman–Crippen MR) is 44.8 cm³/mol. The van der Waals surface area contributed by atoms with Crippen LogP contribution >= 0.6 is 0 Å². The molecule has 0 aliphatic carbocycles. The van der Waals surface area contributed by atoms with Gasteiger partial charge in [0, 0.05) is 5.92 Å². The largest absolute Gasteiger partial charge is 0.392 e. The lowest BCUT2D eigenvalue weighted by molar-refractivity contribution is 0.0339. The van der Waals surface area contributed by atoms with Crippen LogP contribution in [0.25, 0.3) is 0 Å². The highest BCUT2D eigenvalue weighted by Crippen LogP contribution is 2.25. The van der Waals surface area contributed by atoms with Crippen molar-refractivity contribution in [3.63, 3.8) is 0 Å². The van der Waals surface area contributed by atoms with E-state index in [9.17, 15) is 5.11 Å². The summed E-state index contributed by atoms with van der Waals surface area (Å²) in [5.74, 6) is 0.181. The SMILES string of the molecule is C=C[C@@H](C)[C@H](O)C(C)(C)C. The summed E-state index contributed by atoms with van der Waals surface area (Å²) in [6.45, 7) is 11.7. The molecule has 0 saturated carbocycles. The molecule has 0 aromatic rings. The first-order valence-corrected chi connectivity index (χ1v) is 3.70. The van der Waals surface area contributed by atoms with Gasteiger partial charge in [-0.2, -0.15) is 0 Å². The molecule has 1 N–H and O–H groups in total. The molecule has 0 unspecified atom stereocenters. The molecule has 0 spiro atoms. The van der Waals surface area contributed by atoms with Crippen LogP contribution in [0.3, 0.4) is 0 Å². The van der Waals surface area contributed by atoms with Crippen LogP contribution in [0.4, 0.5) is 0 Å². The highest BCUT2D eigenvalue weighted by Gasteiger charge is 2.25. The molecule has 1 heteroatoms. The topological polar surface area (TPSA) is 20.2 Å². The fourth-order valence-corrected chi connectivity index (χ4v) is 0.918. The Kier molecular flexibility index (Phi) is 3.10. The van der Waals surface area contributed by atoms with Crippen LogP contribution in [0, 0.1) is 11.3 Å². The second-order valence-electron chi connectivity index (χ2n) is 3.91. The molecule has 0 aromatic heterocycles. The van der Waals surface area contributed by atoms with E-state index in [1.165, 1.54) is 0 Å². The minimum absolute atomic E-state index is 0.0341. The molecule has 0 radical (unpaired) electrons. The van der Waals surface area contributed by atoms with Crippen LogP contribution in [0.1, 0.15) is 27.7 Å². The van der Waals surface area contributed by atoms with Crippen LogP contribution in [0.15, 0.2) is 12.7 Å². The average molecular weight is 142 g/mol. The van der Waals surface area contributed by atoms with Gasteiger partial charge in [-0.15, -0.1) is 6.58 Å². The van der Waals surface area contributed by atoms with Gasteiger partial charge in [0.2, 0.25) is 0 Å². The smallest absolute Gasteiger partial charge is 0.0648 e. The van der Waals surface area contributed by atoms with Gasteiger partial charge < -0.3 is 5.11 Å². The molecule has 0 amide bonds. The van der Waals surface area contributed by atoms with Crippen molar-refractivity contribution in [1.82, 2.24) is 0 Å². The van der Waals surface area contributed by atoms with Crippen LogP contribution in [0.5, 0.6) is 0 Å². The van der Waals surface area contributed by atoms with Gasteiger partial charge in [0.15, 0.2) is 0 Å². The number of aliphatic hydroxyl groups is 1. The monoisotopic (exact) mass is 142 g/mol. The van der Waals surface area contributed by atoms with Crippen molar-refractivity contribution < 1.29 is 5.11 Å². The Morgan fingerprint density at radius 3 is 1.90 bits per heavy atom. The first-order chi connectivity index (χ1) is 4.39. The van der Waals surface area contributed by atoms with Crippen molar-refractivity contribution in [2.75, 3.05) is 0 Å². The summed E-state index contributed by atoms with van der Waals surface area (Å²) in [5, 5.41) is 9.58. The van der Waals surface area contributed by atoms with Gasteiger partial charge in [0.05, 0.1) is 6.10 Å². The van der Waals surface area contributed by atoms with Gasteiger partial charge in [0.1, 0.15) is 0 Å². The first-order valence-electron chi connectivity index (χ1n) is 3.70. The number of aliphatic hydroxyl groups excluding tert-OH is 1. The van der Waals surface area contributed by atoms with E-state index < -0.39 is 0 Å². The summed E-state index contributed by atoms with van der Waals surface area (Å²) >= 11 is 0. The zero-order valence-electron chi connectivity index (χ0n) is 7.39. The molecule has 0 saturated heterocycles. The maximum absolute atomic E-state index is 9.58. The second kappa shape index (κ2) is 3.20. The van der Waals surface area contributed by atoms with Gasteiger partial charge in [-0.1, -0.05) is 33.8 Å². The quantitative estimate of drug-likeness (QED) is 0.586. The second-order valence-corrected chi connectivity index (χ2v) is 3.91. The number of hydrogen-bond acceptors (Lipinski definition) is 1. The van der Waals surface area contributed by atoms with Crippen molar-refractivity contribution in [2.45, 2.75) is 33.8 Å². The number of hydrogen-bond donors (Lipinski definition) is 1. The summed E-state index contributed by atoms with van der Waals surface area (Å²) in [5.41, 5.74) is -0.0341. The van der Waals surface area contributed by atoms with E-state index in [2.05, 4.69) is 6.58 Å². The molecule has 1 nitrogen and oxygen atoms in total. The summed E-state index contributed by atoms with van der Waals surface area (Å²) in [6, 6.07) is 0. The summed E-state index contributed by atoms with van der Waals surface area (Å²) < 4.78 is 0. The Morgan fingerprint density at radius 2 is 1.80 bits per heavy atom. The zero-order chi connectivity index (χ0) is 8.36. The van der Waals surface area contributed by atoms with E-state index in [1.807, 2.05) is 27.7 Å². The van der Waals surface area contributed by atoms with Crippen molar-refractivity contribution in [3.8, 4) is 0 Å². The van der Waals surface area contributed by atoms with E-state index in [-0.39, 0.29) is 17.4 Å². The molecule has 2 atom stereocenters. The van der Waals surface area contributed by atoms with Gasteiger partial charge in [-0.25, -0.2) is 0 Å². The lowest BCUT2D eigenvalue weighted by Crippen LogP contribution is -2.31. The van der Waals surface area contributed by atoms with Gasteiger partial charge in [-0.05, 0) is 5.41 Å². The summed E-state index contributed by atoms with van der Waals surface area (Å²) in [4.78, 5) is 0. The van der Waals surface area contributed by atoms with Crippen molar-refractivity contribution in [2.24, 2.45) is 11.3 Å². The Bertz CT molecular complexity index is 110. The van der Waals surface area contributed by atoms with Gasteiger partial charge in [0.25, 0.3) is 0 Å². The zero-order valence-corrected chi connectivity index (χ0v) is 7.39. The lowest BCUT2D eigenvalue weighted by atomic mass is 9.82. The van der Waals surface area contributed by atoms with E-state index in [0.29, 0.717) is 0 Å². The Balaban J connectivity index is 4.07. The van der Waals surface area contributed by atoms with Crippen LogP contribution in [-0.2, 0) is 0 Å². The van der Waals surface area contributed by atoms with E-state index >= 15 is 0 Å². The lowest BCUT2D eigenvalue weighted by Gasteiger charge is -2.29. The standard InChI is InChI=1S/C9H18O/c1-6-7(2)8(10)9(3,4)5/h6-8,10H,1H2,2-5H3/t7-,8+/m1/s1. The normalized spacial score (nSPS) is 18.1. The fourth-order valence-electron chi connectivity index (χ4n) is 0.918. The molecule has 0 aliphatic heterocycles. The predicted octanol–water partition coefficient (Wildman–Crippen LogP) is 2.22. The fraction of sp³-hybridized carbons (Fsp3) is 0.778. The van der Waals surface area contributed by atoms with Crippen LogP contribution in [0.2, 0.25) is 0 Å². The molecule has 0 aliphatic rings. The van der Waals surface area contributed by atoms with E-state index in [1.54, 1.807) is 6.08 Å². The van der Waals surface area contributed by atoms with Crippen molar-refractivity contribution in [1.29, 1.82) is 0 Å². The third-order valence-corrected chi connectivity index (χ3v) is 1.76. The first kappa shape index (κ1) is 9.70. The third kappa shape index (κ3) is 2.53. The minimum Gasteiger partial charge on any atom is -0.392 e. The molecular weight excluding hydrogens is 124 g/mol. The van der Waals surface area contributed by atoms with E-state index in [0.717, 1.165) is 0 Å². The third-order valence-electron chi connectivity index (χ3n) is 1.76. The molecule has 0 bridgehead atoms. The van der Waals surface area contributed by atoms with Crippen molar-refractivity contribution >= 4 is 0 Å². The minimum atomic E-state index is -0.287. The van der Waals surface area contributed by atoms with Crippen LogP contribution < -0.4 is 0 Å². The molecular formula is C9H18O. The Hall–Kier alpha value is -0.300. The summed E-state index contributed by atoms with van der Waals surface area (Å²) in [7, 11) is 0. The summed E-state index contributed by atoms with van der Waals surface area (Å²) in [6.07, 6.45) is 1.50. The van der Waals surface area contributed by atoms with Gasteiger partial charge in [-0.3, -0.25) is 0 Å². The number of rotatable bonds is 2. The average Bonchev–Trinajstić information content (AvgIpc) is 1.83. The van der Waals surface area contributed by atoms with Gasteiger partial charge >= 0.3 is 0 Å². The van der Waals surface area contributed by atoms with Crippen LogP contribution in [-0.4, -0.2) is 11.2 Å². The Labute approximate surface area is 63.8 Å². The highest BCUT2D eigenvalue weighted by molar-refractivity contribution is 4.87. The van der Waals surface area contributed by atoms with Crippen molar-refractivity contribution in [3.05, 3.63) is 12.7 Å². The highest BCUT2D eigenvalue weighted by atomic mass is 16.3.